The predicted molar refractivity (Wildman–Crippen MR) is 82.6 cm³/mol. The number of H-pyrrole nitrogens is 1. The molecule has 1 atom stereocenters. The van der Waals surface area contributed by atoms with Crippen LogP contribution in [0.4, 0.5) is 13.2 Å². The Labute approximate surface area is 138 Å². The van der Waals surface area contributed by atoms with Crippen LogP contribution in [0.5, 0.6) is 0 Å². The maximum absolute atomic E-state index is 12.8. The van der Waals surface area contributed by atoms with Gasteiger partial charge in [0, 0.05) is 7.05 Å². The highest BCUT2D eigenvalue weighted by atomic mass is 32.2. The number of alkyl halides is 3. The summed E-state index contributed by atoms with van der Waals surface area (Å²) in [5.74, 6) is -0.711. The molecule has 0 aliphatic heterocycles. The first-order valence-corrected chi connectivity index (χ1v) is 7.77. The molecule has 0 amide bonds. The Morgan fingerprint density at radius 3 is 2.62 bits per heavy atom. The lowest BCUT2D eigenvalue weighted by Gasteiger charge is -2.11. The highest BCUT2D eigenvalue weighted by molar-refractivity contribution is 7.99. The van der Waals surface area contributed by atoms with Crippen molar-refractivity contribution in [3.63, 3.8) is 0 Å². The highest BCUT2D eigenvalue weighted by Crippen LogP contribution is 2.35. The van der Waals surface area contributed by atoms with Crippen molar-refractivity contribution < 1.29 is 13.2 Å². The van der Waals surface area contributed by atoms with Gasteiger partial charge in [-0.1, -0.05) is 23.9 Å². The van der Waals surface area contributed by atoms with Crippen LogP contribution in [0.15, 0.2) is 34.2 Å². The number of halogens is 3. The summed E-state index contributed by atoms with van der Waals surface area (Å²) in [5, 5.41) is 6.88. The molecule has 126 valence electrons. The van der Waals surface area contributed by atoms with Gasteiger partial charge < -0.3 is 9.55 Å². The average Bonchev–Trinajstić information content (AvgIpc) is 2.88. The summed E-state index contributed by atoms with van der Waals surface area (Å²) in [6.45, 7) is 1.72. The Balaban J connectivity index is 1.92. The highest BCUT2D eigenvalue weighted by Gasteiger charge is 2.37. The van der Waals surface area contributed by atoms with E-state index in [1.807, 2.05) is 0 Å². The van der Waals surface area contributed by atoms with Gasteiger partial charge in [-0.15, -0.1) is 10.2 Å². The molecule has 1 aromatic carbocycles. The number of nitrogens with one attached hydrogen (secondary N) is 1. The molecule has 2 aromatic heterocycles. The molecule has 24 heavy (non-hydrogen) atoms. The summed E-state index contributed by atoms with van der Waals surface area (Å²) in [6, 6.07) is 6.85. The lowest BCUT2D eigenvalue weighted by molar-refractivity contribution is -0.147. The summed E-state index contributed by atoms with van der Waals surface area (Å²) in [7, 11) is 1.24. The minimum absolute atomic E-state index is 0.0885. The molecular weight excluding hydrogens is 343 g/mol. The second-order valence-corrected chi connectivity index (χ2v) is 6.40. The SMILES string of the molecule is C[C@@H](Sc1nnc(C(F)(F)F)n1C)c1nc2ccccc2c(=O)[nH]1. The second-order valence-electron chi connectivity index (χ2n) is 5.09. The van der Waals surface area contributed by atoms with E-state index in [0.717, 1.165) is 16.3 Å². The lowest BCUT2D eigenvalue weighted by Crippen LogP contribution is -2.14. The first-order chi connectivity index (χ1) is 11.3. The van der Waals surface area contributed by atoms with E-state index in [9.17, 15) is 18.0 Å². The normalized spacial score (nSPS) is 13.4. The number of benzene rings is 1. The topological polar surface area (TPSA) is 76.5 Å². The average molecular weight is 355 g/mol. The van der Waals surface area contributed by atoms with Gasteiger partial charge in [-0.05, 0) is 19.1 Å². The molecule has 3 aromatic rings. The summed E-state index contributed by atoms with van der Waals surface area (Å²) in [6.07, 6.45) is -4.57. The maximum Gasteiger partial charge on any atom is 0.451 e. The maximum atomic E-state index is 12.8. The Hall–Kier alpha value is -2.36. The number of nitrogens with zero attached hydrogens (tertiary/aromatic N) is 4. The molecule has 0 aliphatic carbocycles. The zero-order valence-corrected chi connectivity index (χ0v) is 13.4. The van der Waals surface area contributed by atoms with Crippen molar-refractivity contribution in [2.45, 2.75) is 23.5 Å². The molecular formula is C14H12F3N5OS. The van der Waals surface area contributed by atoms with E-state index in [1.54, 1.807) is 31.2 Å². The number of aromatic amines is 1. The third-order valence-corrected chi connectivity index (χ3v) is 4.53. The minimum Gasteiger partial charge on any atom is -0.309 e. The number of aromatic nitrogens is 5. The fraction of sp³-hybridized carbons (Fsp3) is 0.286. The summed E-state index contributed by atoms with van der Waals surface area (Å²) < 4.78 is 39.1. The van der Waals surface area contributed by atoms with Crippen LogP contribution in [0.2, 0.25) is 0 Å². The largest absolute Gasteiger partial charge is 0.451 e. The van der Waals surface area contributed by atoms with Gasteiger partial charge in [-0.3, -0.25) is 4.79 Å². The lowest BCUT2D eigenvalue weighted by atomic mass is 10.2. The molecule has 3 rings (SSSR count). The van der Waals surface area contributed by atoms with Crippen LogP contribution in [0.25, 0.3) is 10.9 Å². The Morgan fingerprint density at radius 1 is 1.25 bits per heavy atom. The fourth-order valence-corrected chi connectivity index (χ4v) is 3.05. The Bertz CT molecular complexity index is 949. The molecule has 6 nitrogen and oxygen atoms in total. The van der Waals surface area contributed by atoms with Gasteiger partial charge in [0.25, 0.3) is 5.56 Å². The summed E-state index contributed by atoms with van der Waals surface area (Å²) in [4.78, 5) is 19.1. The third-order valence-electron chi connectivity index (χ3n) is 3.39. The molecule has 1 N–H and O–H groups in total. The zero-order valence-electron chi connectivity index (χ0n) is 12.6. The van der Waals surface area contributed by atoms with Gasteiger partial charge in [0.15, 0.2) is 5.16 Å². The van der Waals surface area contributed by atoms with Crippen LogP contribution in [-0.4, -0.2) is 24.7 Å². The molecule has 0 unspecified atom stereocenters. The predicted octanol–water partition coefficient (Wildman–Crippen LogP) is 2.92. The molecule has 0 bridgehead atoms. The van der Waals surface area contributed by atoms with E-state index in [2.05, 4.69) is 20.2 Å². The van der Waals surface area contributed by atoms with E-state index < -0.39 is 17.3 Å². The van der Waals surface area contributed by atoms with Gasteiger partial charge >= 0.3 is 6.18 Å². The molecule has 2 heterocycles. The summed E-state index contributed by atoms with van der Waals surface area (Å²) >= 11 is 1.03. The zero-order chi connectivity index (χ0) is 17.5. The van der Waals surface area contributed by atoms with Crippen molar-refractivity contribution in [2.75, 3.05) is 0 Å². The smallest absolute Gasteiger partial charge is 0.309 e. The second kappa shape index (κ2) is 5.93. The number of fused-ring (bicyclic) bond motifs is 1. The van der Waals surface area contributed by atoms with Crippen LogP contribution in [0.1, 0.15) is 23.8 Å². The van der Waals surface area contributed by atoms with Gasteiger partial charge in [-0.2, -0.15) is 13.2 Å². The van der Waals surface area contributed by atoms with Crippen molar-refractivity contribution in [2.24, 2.45) is 7.05 Å². The van der Waals surface area contributed by atoms with Crippen LogP contribution in [0.3, 0.4) is 0 Å². The third kappa shape index (κ3) is 3.01. The van der Waals surface area contributed by atoms with Crippen LogP contribution >= 0.6 is 11.8 Å². The van der Waals surface area contributed by atoms with E-state index in [-0.39, 0.29) is 10.7 Å². The van der Waals surface area contributed by atoms with E-state index >= 15 is 0 Å². The van der Waals surface area contributed by atoms with Crippen LogP contribution in [-0.2, 0) is 13.2 Å². The number of thioether (sulfide) groups is 1. The molecule has 10 heteroatoms. The van der Waals surface area contributed by atoms with Gasteiger partial charge in [0.05, 0.1) is 16.2 Å². The molecule has 0 radical (unpaired) electrons. The minimum atomic E-state index is -4.57. The Morgan fingerprint density at radius 2 is 1.96 bits per heavy atom. The fourth-order valence-electron chi connectivity index (χ4n) is 2.18. The van der Waals surface area contributed by atoms with Crippen molar-refractivity contribution >= 4 is 22.7 Å². The molecule has 0 spiro atoms. The molecule has 0 saturated heterocycles. The number of rotatable bonds is 3. The van der Waals surface area contributed by atoms with E-state index in [0.29, 0.717) is 16.7 Å². The van der Waals surface area contributed by atoms with Crippen molar-refractivity contribution in [3.05, 3.63) is 46.3 Å². The molecule has 0 saturated carbocycles. The standard InChI is InChI=1S/C14H12F3N5OS/c1-7(24-13-21-20-12(22(13)2)14(15,16)17)10-18-9-6-4-3-5-8(9)11(23)19-10/h3-7H,1-2H3,(H,18,19,23)/t7-/m1/s1. The molecule has 0 aliphatic rings. The van der Waals surface area contributed by atoms with Gasteiger partial charge in [0.1, 0.15) is 5.82 Å². The first kappa shape index (κ1) is 16.5. The van der Waals surface area contributed by atoms with Gasteiger partial charge in [0.2, 0.25) is 5.82 Å². The number of hydrogen-bond donors (Lipinski definition) is 1. The van der Waals surface area contributed by atoms with Gasteiger partial charge in [-0.25, -0.2) is 4.98 Å². The van der Waals surface area contributed by atoms with Crippen LogP contribution < -0.4 is 5.56 Å². The van der Waals surface area contributed by atoms with Crippen molar-refractivity contribution in [3.8, 4) is 0 Å². The van der Waals surface area contributed by atoms with E-state index in [4.69, 9.17) is 0 Å². The number of hydrogen-bond acceptors (Lipinski definition) is 5. The monoisotopic (exact) mass is 355 g/mol. The quantitative estimate of drug-likeness (QED) is 0.731. The first-order valence-electron chi connectivity index (χ1n) is 6.89. The Kier molecular flexibility index (Phi) is 4.08. The van der Waals surface area contributed by atoms with E-state index in [1.165, 1.54) is 7.05 Å². The van der Waals surface area contributed by atoms with Crippen molar-refractivity contribution in [1.82, 2.24) is 24.7 Å². The van der Waals surface area contributed by atoms with Crippen molar-refractivity contribution in [1.29, 1.82) is 0 Å². The number of para-hydroxylation sites is 1. The summed E-state index contributed by atoms with van der Waals surface area (Å²) in [5.41, 5.74) is 0.231. The van der Waals surface area contributed by atoms with Crippen LogP contribution in [0, 0.1) is 0 Å². The molecule has 0 fully saturated rings.